The third-order valence-electron chi connectivity index (χ3n) is 4.45. The maximum absolute atomic E-state index is 12.7. The van der Waals surface area contributed by atoms with Gasteiger partial charge in [0.1, 0.15) is 6.54 Å². The Morgan fingerprint density at radius 2 is 1.53 bits per heavy atom. The lowest BCUT2D eigenvalue weighted by atomic mass is 10.1. The fourth-order valence-electron chi connectivity index (χ4n) is 3.00. The van der Waals surface area contributed by atoms with Crippen molar-refractivity contribution in [2.75, 3.05) is 27.9 Å². The van der Waals surface area contributed by atoms with E-state index in [2.05, 4.69) is 0 Å². The van der Waals surface area contributed by atoms with Gasteiger partial charge in [-0.15, -0.1) is 0 Å². The van der Waals surface area contributed by atoms with Gasteiger partial charge in [-0.2, -0.15) is 13.2 Å². The first-order valence-corrected chi connectivity index (χ1v) is 8.76. The summed E-state index contributed by atoms with van der Waals surface area (Å²) in [4.78, 5) is 24.8. The molecular formula is C20H22F3NO6. The van der Waals surface area contributed by atoms with Gasteiger partial charge in [0, 0.05) is 17.0 Å². The highest BCUT2D eigenvalue weighted by Gasteiger charge is 2.30. The number of esters is 1. The Kier molecular flexibility index (Phi) is 7.01. The predicted molar refractivity (Wildman–Crippen MR) is 101 cm³/mol. The molecule has 0 bridgehead atoms. The second-order valence-electron chi connectivity index (χ2n) is 6.40. The normalized spacial score (nSPS) is 11.2. The van der Waals surface area contributed by atoms with Gasteiger partial charge in [-0.1, -0.05) is 0 Å². The SMILES string of the molecule is COc1cc(C(=O)OCC(=O)c2cc(C)n(CC(F)(F)F)c2C)cc(OC)c1OC. The Bertz CT molecular complexity index is 924. The lowest BCUT2D eigenvalue weighted by Crippen LogP contribution is -2.20. The highest BCUT2D eigenvalue weighted by Crippen LogP contribution is 2.38. The van der Waals surface area contributed by atoms with Gasteiger partial charge in [0.25, 0.3) is 0 Å². The van der Waals surface area contributed by atoms with Crippen LogP contribution in [0.1, 0.15) is 32.1 Å². The van der Waals surface area contributed by atoms with Crippen molar-refractivity contribution in [1.82, 2.24) is 4.57 Å². The molecule has 0 fully saturated rings. The Labute approximate surface area is 171 Å². The molecule has 0 saturated heterocycles. The predicted octanol–water partition coefficient (Wildman–Crippen LogP) is 3.73. The number of ether oxygens (including phenoxy) is 4. The van der Waals surface area contributed by atoms with E-state index in [9.17, 15) is 22.8 Å². The summed E-state index contributed by atoms with van der Waals surface area (Å²) in [5, 5.41) is 0. The monoisotopic (exact) mass is 429 g/mol. The number of methoxy groups -OCH3 is 3. The number of carbonyl (C=O) groups excluding carboxylic acids is 2. The van der Waals surface area contributed by atoms with Crippen molar-refractivity contribution in [3.63, 3.8) is 0 Å². The van der Waals surface area contributed by atoms with Crippen molar-refractivity contribution in [3.8, 4) is 17.2 Å². The van der Waals surface area contributed by atoms with Crippen LogP contribution in [-0.4, -0.2) is 50.4 Å². The molecule has 164 valence electrons. The van der Waals surface area contributed by atoms with Gasteiger partial charge in [-0.3, -0.25) is 4.79 Å². The van der Waals surface area contributed by atoms with Crippen molar-refractivity contribution < 1.29 is 41.7 Å². The number of nitrogens with zero attached hydrogens (tertiary/aromatic N) is 1. The van der Waals surface area contributed by atoms with Crippen molar-refractivity contribution >= 4 is 11.8 Å². The Hall–Kier alpha value is -3.17. The van der Waals surface area contributed by atoms with E-state index in [0.717, 1.165) is 4.57 Å². The van der Waals surface area contributed by atoms with E-state index in [1.165, 1.54) is 53.4 Å². The third kappa shape index (κ3) is 5.05. The highest BCUT2D eigenvalue weighted by atomic mass is 19.4. The van der Waals surface area contributed by atoms with Crippen molar-refractivity contribution in [2.45, 2.75) is 26.6 Å². The number of aromatic nitrogens is 1. The number of halogens is 3. The molecule has 30 heavy (non-hydrogen) atoms. The zero-order chi connectivity index (χ0) is 22.6. The zero-order valence-electron chi connectivity index (χ0n) is 17.2. The van der Waals surface area contributed by atoms with Gasteiger partial charge in [-0.05, 0) is 32.0 Å². The quantitative estimate of drug-likeness (QED) is 0.470. The minimum atomic E-state index is -4.42. The maximum atomic E-state index is 12.7. The summed E-state index contributed by atoms with van der Waals surface area (Å²) in [6.07, 6.45) is -4.42. The van der Waals surface area contributed by atoms with Gasteiger partial charge in [0.05, 0.1) is 26.9 Å². The number of Topliss-reactive ketones (excluding diaryl/α,β-unsaturated/α-hetero) is 1. The molecule has 2 aromatic rings. The first-order valence-electron chi connectivity index (χ1n) is 8.76. The molecule has 0 aliphatic carbocycles. The fraction of sp³-hybridized carbons (Fsp3) is 0.400. The molecule has 1 aromatic heterocycles. The van der Waals surface area contributed by atoms with Crippen molar-refractivity contribution in [1.29, 1.82) is 0 Å². The van der Waals surface area contributed by atoms with Crippen LogP contribution in [0.4, 0.5) is 13.2 Å². The first-order chi connectivity index (χ1) is 14.0. The van der Waals surface area contributed by atoms with E-state index >= 15 is 0 Å². The van der Waals surface area contributed by atoms with Gasteiger partial charge in [0.15, 0.2) is 18.1 Å². The minimum Gasteiger partial charge on any atom is -0.493 e. The molecule has 7 nitrogen and oxygen atoms in total. The number of benzene rings is 1. The van der Waals surface area contributed by atoms with Gasteiger partial charge < -0.3 is 23.5 Å². The second-order valence-corrected chi connectivity index (χ2v) is 6.40. The molecule has 2 rings (SSSR count). The van der Waals surface area contributed by atoms with Crippen LogP contribution in [0, 0.1) is 13.8 Å². The molecule has 0 N–H and O–H groups in total. The number of hydrogen-bond acceptors (Lipinski definition) is 6. The second kappa shape index (κ2) is 9.10. The Morgan fingerprint density at radius 1 is 0.967 bits per heavy atom. The minimum absolute atomic E-state index is 0.0554. The topological polar surface area (TPSA) is 76.0 Å². The van der Waals surface area contributed by atoms with E-state index in [-0.39, 0.29) is 39.8 Å². The number of rotatable bonds is 8. The number of ketones is 1. The van der Waals surface area contributed by atoms with Crippen molar-refractivity contribution in [3.05, 3.63) is 40.7 Å². The van der Waals surface area contributed by atoms with Crippen LogP contribution in [-0.2, 0) is 11.3 Å². The van der Waals surface area contributed by atoms with Crippen LogP contribution >= 0.6 is 0 Å². The number of carbonyl (C=O) groups is 2. The molecule has 0 atom stereocenters. The van der Waals surface area contributed by atoms with E-state index < -0.39 is 31.1 Å². The van der Waals surface area contributed by atoms with E-state index in [1.54, 1.807) is 0 Å². The highest BCUT2D eigenvalue weighted by molar-refractivity contribution is 6.00. The average Bonchev–Trinajstić information content (AvgIpc) is 2.97. The van der Waals surface area contributed by atoms with E-state index in [1.807, 2.05) is 0 Å². The van der Waals surface area contributed by atoms with Crippen molar-refractivity contribution in [2.24, 2.45) is 0 Å². The van der Waals surface area contributed by atoms with E-state index in [0.29, 0.717) is 0 Å². The van der Waals surface area contributed by atoms with Crippen LogP contribution < -0.4 is 14.2 Å². The molecular weight excluding hydrogens is 407 g/mol. The van der Waals surface area contributed by atoms with Crippen LogP contribution in [0.15, 0.2) is 18.2 Å². The molecule has 0 radical (unpaired) electrons. The van der Waals surface area contributed by atoms with Crippen LogP contribution in [0.25, 0.3) is 0 Å². The molecule has 1 aromatic carbocycles. The smallest absolute Gasteiger partial charge is 0.406 e. The summed E-state index contributed by atoms with van der Waals surface area (Å²) < 4.78 is 59.7. The average molecular weight is 429 g/mol. The fourth-order valence-corrected chi connectivity index (χ4v) is 3.00. The molecule has 1 heterocycles. The summed E-state index contributed by atoms with van der Waals surface area (Å²) in [5.41, 5.74) is 0.553. The zero-order valence-corrected chi connectivity index (χ0v) is 17.2. The molecule has 0 unspecified atom stereocenters. The summed E-state index contributed by atoms with van der Waals surface area (Å²) >= 11 is 0. The van der Waals surface area contributed by atoms with Gasteiger partial charge in [-0.25, -0.2) is 4.79 Å². The lowest BCUT2D eigenvalue weighted by molar-refractivity contribution is -0.141. The van der Waals surface area contributed by atoms with E-state index in [4.69, 9.17) is 18.9 Å². The number of alkyl halides is 3. The summed E-state index contributed by atoms with van der Waals surface area (Å²) in [7, 11) is 4.17. The molecule has 0 saturated carbocycles. The Morgan fingerprint density at radius 3 is 2.00 bits per heavy atom. The van der Waals surface area contributed by atoms with Crippen LogP contribution in [0.2, 0.25) is 0 Å². The number of hydrogen-bond donors (Lipinski definition) is 0. The van der Waals surface area contributed by atoms with Gasteiger partial charge in [0.2, 0.25) is 11.5 Å². The molecule has 0 aliphatic rings. The summed E-state index contributed by atoms with van der Waals surface area (Å²) in [6.45, 7) is 1.04. The van der Waals surface area contributed by atoms with Crippen LogP contribution in [0.5, 0.6) is 17.2 Å². The molecule has 0 spiro atoms. The maximum Gasteiger partial charge on any atom is 0.406 e. The third-order valence-corrected chi connectivity index (χ3v) is 4.45. The largest absolute Gasteiger partial charge is 0.493 e. The standard InChI is InChI=1S/C20H22F3NO6/c1-11-6-14(12(2)24(11)10-20(21,22)23)15(25)9-30-19(26)13-7-16(27-3)18(29-5)17(8-13)28-4/h6-8H,9-10H2,1-5H3. The Balaban J connectivity index is 2.17. The summed E-state index contributed by atoms with van der Waals surface area (Å²) in [5.74, 6) is -0.703. The lowest BCUT2D eigenvalue weighted by Gasteiger charge is -2.14. The molecule has 10 heteroatoms. The van der Waals surface area contributed by atoms with Crippen LogP contribution in [0.3, 0.4) is 0 Å². The summed E-state index contributed by atoms with van der Waals surface area (Å²) in [6, 6.07) is 4.07. The first kappa shape index (κ1) is 23.1. The molecule has 0 amide bonds. The molecule has 0 aliphatic heterocycles. The van der Waals surface area contributed by atoms with Gasteiger partial charge >= 0.3 is 12.1 Å². The number of aryl methyl sites for hydroxylation is 1.